The van der Waals surface area contributed by atoms with Crippen LogP contribution in [0.5, 0.6) is 0 Å². The van der Waals surface area contributed by atoms with Crippen molar-refractivity contribution in [2.24, 2.45) is 4.99 Å². The van der Waals surface area contributed by atoms with Gasteiger partial charge in [0, 0.05) is 18.7 Å². The molecule has 0 atom stereocenters. The Labute approximate surface area is 163 Å². The molecule has 8 heteroatoms. The largest absolute Gasteiger partial charge is 0.465 e. The summed E-state index contributed by atoms with van der Waals surface area (Å²) in [6.45, 7) is 6.24. The molecular weight excluding hydrogens is 362 g/mol. The lowest BCUT2D eigenvalue weighted by Crippen LogP contribution is -2.51. The highest BCUT2D eigenvalue weighted by molar-refractivity contribution is 6.15. The number of amides is 2. The monoisotopic (exact) mass is 387 g/mol. The van der Waals surface area contributed by atoms with Crippen LogP contribution in [0.2, 0.25) is 0 Å². The van der Waals surface area contributed by atoms with E-state index in [2.05, 4.69) is 10.3 Å². The third-order valence-electron chi connectivity index (χ3n) is 4.78. The summed E-state index contributed by atoms with van der Waals surface area (Å²) in [6, 6.07) is 6.77. The lowest BCUT2D eigenvalue weighted by Gasteiger charge is -2.36. The minimum absolute atomic E-state index is 0.185. The number of carbonyl (C=O) groups excluding carboxylic acids is 3. The third-order valence-corrected chi connectivity index (χ3v) is 4.78. The van der Waals surface area contributed by atoms with Gasteiger partial charge in [-0.25, -0.2) is 9.59 Å². The van der Waals surface area contributed by atoms with Crippen LogP contribution in [0.1, 0.15) is 49.5 Å². The van der Waals surface area contributed by atoms with Crippen LogP contribution in [-0.4, -0.2) is 60.0 Å². The van der Waals surface area contributed by atoms with E-state index in [1.54, 1.807) is 29.2 Å². The molecule has 1 spiro atoms. The molecule has 150 valence electrons. The molecule has 1 saturated heterocycles. The van der Waals surface area contributed by atoms with Crippen LogP contribution in [0, 0.1) is 0 Å². The highest BCUT2D eigenvalue weighted by atomic mass is 16.6. The van der Waals surface area contributed by atoms with E-state index in [1.807, 2.05) is 20.8 Å². The second-order valence-corrected chi connectivity index (χ2v) is 7.99. The van der Waals surface area contributed by atoms with E-state index < -0.39 is 17.1 Å². The number of nitrogens with one attached hydrogen (secondary N) is 1. The van der Waals surface area contributed by atoms with Gasteiger partial charge in [0.15, 0.2) is 0 Å². The van der Waals surface area contributed by atoms with Gasteiger partial charge in [-0.1, -0.05) is 12.1 Å². The number of likely N-dealkylation sites (tertiary alicyclic amines) is 1. The Morgan fingerprint density at radius 2 is 1.89 bits per heavy atom. The average Bonchev–Trinajstić information content (AvgIpc) is 2.96. The van der Waals surface area contributed by atoms with Crippen molar-refractivity contribution >= 4 is 23.8 Å². The third kappa shape index (κ3) is 4.00. The van der Waals surface area contributed by atoms with Crippen LogP contribution >= 0.6 is 0 Å². The molecule has 2 aliphatic heterocycles. The first-order chi connectivity index (χ1) is 13.1. The number of carbonyl (C=O) groups is 3. The van der Waals surface area contributed by atoms with E-state index in [0.29, 0.717) is 42.9 Å². The maximum atomic E-state index is 12.7. The van der Waals surface area contributed by atoms with Gasteiger partial charge in [0.1, 0.15) is 17.0 Å². The lowest BCUT2D eigenvalue weighted by atomic mass is 9.88. The van der Waals surface area contributed by atoms with Crippen molar-refractivity contribution in [2.45, 2.75) is 44.8 Å². The van der Waals surface area contributed by atoms with Crippen LogP contribution in [0.4, 0.5) is 4.79 Å². The molecule has 28 heavy (non-hydrogen) atoms. The number of aliphatic imine (C=N–C) groups is 1. The summed E-state index contributed by atoms with van der Waals surface area (Å²) in [6.07, 6.45) is 0.451. The minimum atomic E-state index is -0.894. The maximum absolute atomic E-state index is 12.7. The standard InChI is InChI=1S/C20H25N3O5/c1-19(2,3)28-18(26)23-10-8-20(9-11-23)17(25)21-15(22-20)13-6-5-7-14(12-13)16(24)27-4/h5-7,12H,8-11H2,1-4H3,(H,21,22,25). The van der Waals surface area contributed by atoms with Crippen LogP contribution in [0.3, 0.4) is 0 Å². The van der Waals surface area contributed by atoms with Gasteiger partial charge in [-0.05, 0) is 45.7 Å². The summed E-state index contributed by atoms with van der Waals surface area (Å²) in [5.74, 6) is -0.205. The van der Waals surface area contributed by atoms with Crippen molar-refractivity contribution < 1.29 is 23.9 Å². The first-order valence-electron chi connectivity index (χ1n) is 9.21. The number of benzene rings is 1. The number of rotatable bonds is 2. The second kappa shape index (κ2) is 7.26. The molecule has 2 amide bonds. The molecular formula is C20H25N3O5. The van der Waals surface area contributed by atoms with Gasteiger partial charge in [0.2, 0.25) is 0 Å². The fourth-order valence-corrected chi connectivity index (χ4v) is 3.29. The quantitative estimate of drug-likeness (QED) is 0.784. The SMILES string of the molecule is COC(=O)c1cccc(C2=NC3(CCN(C(=O)OC(C)(C)C)CC3)C(=O)N2)c1. The van der Waals surface area contributed by atoms with E-state index in [9.17, 15) is 14.4 Å². The highest BCUT2D eigenvalue weighted by Crippen LogP contribution is 2.31. The normalized spacial score (nSPS) is 18.5. The number of piperidine rings is 1. The van der Waals surface area contributed by atoms with Crippen LogP contribution in [0.15, 0.2) is 29.3 Å². The summed E-state index contributed by atoms with van der Waals surface area (Å²) in [5, 5.41) is 2.82. The van der Waals surface area contributed by atoms with E-state index in [4.69, 9.17) is 9.47 Å². The Hall–Kier alpha value is -2.90. The molecule has 0 radical (unpaired) electrons. The highest BCUT2D eigenvalue weighted by Gasteiger charge is 2.47. The van der Waals surface area contributed by atoms with Gasteiger partial charge < -0.3 is 19.7 Å². The molecule has 8 nitrogen and oxygen atoms in total. The molecule has 0 aromatic heterocycles. The molecule has 0 saturated carbocycles. The predicted octanol–water partition coefficient (Wildman–Crippen LogP) is 2.12. The van der Waals surface area contributed by atoms with Gasteiger partial charge >= 0.3 is 12.1 Å². The topological polar surface area (TPSA) is 97.3 Å². The number of ether oxygens (including phenoxy) is 2. The summed E-state index contributed by atoms with van der Waals surface area (Å²) < 4.78 is 10.1. The zero-order valence-electron chi connectivity index (χ0n) is 16.6. The van der Waals surface area contributed by atoms with Crippen molar-refractivity contribution in [1.29, 1.82) is 0 Å². The van der Waals surface area contributed by atoms with Gasteiger partial charge in [-0.2, -0.15) is 0 Å². The first-order valence-corrected chi connectivity index (χ1v) is 9.21. The zero-order chi connectivity index (χ0) is 20.5. The van der Waals surface area contributed by atoms with E-state index in [-0.39, 0.29) is 12.0 Å². The summed E-state index contributed by atoms with van der Waals surface area (Å²) in [4.78, 5) is 42.9. The predicted molar refractivity (Wildman–Crippen MR) is 102 cm³/mol. The Morgan fingerprint density at radius 3 is 2.50 bits per heavy atom. The Kier molecular flexibility index (Phi) is 5.14. The maximum Gasteiger partial charge on any atom is 0.410 e. The molecule has 1 fully saturated rings. The Bertz CT molecular complexity index is 832. The number of hydrogen-bond donors (Lipinski definition) is 1. The van der Waals surface area contributed by atoms with Crippen LogP contribution in [0.25, 0.3) is 0 Å². The van der Waals surface area contributed by atoms with Crippen molar-refractivity contribution in [3.8, 4) is 0 Å². The van der Waals surface area contributed by atoms with E-state index >= 15 is 0 Å². The number of hydrogen-bond acceptors (Lipinski definition) is 6. The van der Waals surface area contributed by atoms with Crippen molar-refractivity contribution in [1.82, 2.24) is 10.2 Å². The molecule has 1 N–H and O–H groups in total. The molecule has 1 aromatic rings. The molecule has 3 rings (SSSR count). The van der Waals surface area contributed by atoms with Crippen LogP contribution < -0.4 is 5.32 Å². The van der Waals surface area contributed by atoms with Crippen LogP contribution in [-0.2, 0) is 14.3 Å². The van der Waals surface area contributed by atoms with Crippen molar-refractivity contribution in [3.05, 3.63) is 35.4 Å². The van der Waals surface area contributed by atoms with Crippen molar-refractivity contribution in [3.63, 3.8) is 0 Å². The summed E-state index contributed by atoms with van der Waals surface area (Å²) in [5.41, 5.74) is -0.428. The number of esters is 1. The first kappa shape index (κ1) is 19.9. The molecule has 0 bridgehead atoms. The Morgan fingerprint density at radius 1 is 1.21 bits per heavy atom. The van der Waals surface area contributed by atoms with Gasteiger partial charge in [-0.3, -0.25) is 9.79 Å². The fraction of sp³-hybridized carbons (Fsp3) is 0.500. The number of methoxy groups -OCH3 is 1. The van der Waals surface area contributed by atoms with Crippen molar-refractivity contribution in [2.75, 3.05) is 20.2 Å². The molecule has 2 heterocycles. The van der Waals surface area contributed by atoms with E-state index in [0.717, 1.165) is 0 Å². The fourth-order valence-electron chi connectivity index (χ4n) is 3.29. The molecule has 2 aliphatic rings. The lowest BCUT2D eigenvalue weighted by molar-refractivity contribution is -0.125. The summed E-state index contributed by atoms with van der Waals surface area (Å²) >= 11 is 0. The zero-order valence-corrected chi connectivity index (χ0v) is 16.6. The number of nitrogens with zero attached hydrogens (tertiary/aromatic N) is 2. The van der Waals surface area contributed by atoms with Gasteiger partial charge in [0.25, 0.3) is 5.91 Å². The molecule has 1 aromatic carbocycles. The minimum Gasteiger partial charge on any atom is -0.465 e. The van der Waals surface area contributed by atoms with Gasteiger partial charge in [-0.15, -0.1) is 0 Å². The molecule has 0 aliphatic carbocycles. The van der Waals surface area contributed by atoms with E-state index in [1.165, 1.54) is 7.11 Å². The average molecular weight is 387 g/mol. The smallest absolute Gasteiger partial charge is 0.410 e. The second-order valence-electron chi connectivity index (χ2n) is 7.99. The summed E-state index contributed by atoms with van der Waals surface area (Å²) in [7, 11) is 1.32. The number of amidine groups is 1. The Balaban J connectivity index is 1.74. The van der Waals surface area contributed by atoms with Gasteiger partial charge in [0.05, 0.1) is 12.7 Å². The molecule has 0 unspecified atom stereocenters.